The average Bonchev–Trinajstić information content (AvgIpc) is 2.48. The van der Waals surface area contributed by atoms with Gasteiger partial charge in [0.15, 0.2) is 5.84 Å². The predicted molar refractivity (Wildman–Crippen MR) is 82.5 cm³/mol. The maximum Gasteiger partial charge on any atom is 0.173 e. The zero-order chi connectivity index (χ0) is 15.4. The molecule has 0 aliphatic rings. The van der Waals surface area contributed by atoms with E-state index in [2.05, 4.69) is 5.16 Å². The van der Waals surface area contributed by atoms with E-state index in [1.165, 1.54) is 6.07 Å². The van der Waals surface area contributed by atoms with E-state index < -0.39 is 0 Å². The Balaban J connectivity index is 2.38. The first-order chi connectivity index (χ1) is 10.0. The van der Waals surface area contributed by atoms with Crippen LogP contribution in [-0.4, -0.2) is 18.1 Å². The molecule has 0 bridgehead atoms. The van der Waals surface area contributed by atoms with E-state index in [9.17, 15) is 4.39 Å². The fourth-order valence-electron chi connectivity index (χ4n) is 2.10. The lowest BCUT2D eigenvalue weighted by atomic mass is 10.1. The molecule has 4 nitrogen and oxygen atoms in total. The quantitative estimate of drug-likeness (QED) is 0.394. The fourth-order valence-corrected chi connectivity index (χ4v) is 2.37. The summed E-state index contributed by atoms with van der Waals surface area (Å²) in [4.78, 5) is 1.79. The SMILES string of the molecule is CN(Cc1ccccc1F)c1cccc(Cl)c1C(N)=NO. The molecule has 0 fully saturated rings. The van der Waals surface area contributed by atoms with Crippen LogP contribution in [0.2, 0.25) is 5.02 Å². The van der Waals surface area contributed by atoms with Gasteiger partial charge in [0.25, 0.3) is 0 Å². The zero-order valence-electron chi connectivity index (χ0n) is 11.4. The molecule has 0 unspecified atom stereocenters. The zero-order valence-corrected chi connectivity index (χ0v) is 12.2. The summed E-state index contributed by atoms with van der Waals surface area (Å²) in [6.45, 7) is 0.332. The molecule has 0 heterocycles. The molecule has 0 saturated heterocycles. The van der Waals surface area contributed by atoms with E-state index in [1.54, 1.807) is 48.3 Å². The van der Waals surface area contributed by atoms with Crippen molar-refractivity contribution in [3.05, 3.63) is 64.4 Å². The minimum atomic E-state index is -0.281. The van der Waals surface area contributed by atoms with E-state index in [0.29, 0.717) is 28.4 Å². The second-order valence-corrected chi connectivity index (χ2v) is 4.97. The second kappa shape index (κ2) is 6.45. The normalized spacial score (nSPS) is 11.5. The number of hydrogen-bond donors (Lipinski definition) is 2. The number of anilines is 1. The van der Waals surface area contributed by atoms with Gasteiger partial charge in [0.2, 0.25) is 0 Å². The van der Waals surface area contributed by atoms with Crippen LogP contribution in [-0.2, 0) is 6.54 Å². The minimum absolute atomic E-state index is 0.0871. The summed E-state index contributed by atoms with van der Waals surface area (Å²) >= 11 is 6.11. The van der Waals surface area contributed by atoms with Crippen molar-refractivity contribution in [2.45, 2.75) is 6.54 Å². The monoisotopic (exact) mass is 307 g/mol. The number of hydrogen-bond acceptors (Lipinski definition) is 3. The van der Waals surface area contributed by atoms with Gasteiger partial charge in [-0.2, -0.15) is 0 Å². The van der Waals surface area contributed by atoms with Gasteiger partial charge in [-0.1, -0.05) is 41.0 Å². The van der Waals surface area contributed by atoms with Crippen LogP contribution in [0.3, 0.4) is 0 Å². The van der Waals surface area contributed by atoms with Crippen LogP contribution in [0, 0.1) is 5.82 Å². The highest BCUT2D eigenvalue weighted by Crippen LogP contribution is 2.28. The van der Waals surface area contributed by atoms with Crippen molar-refractivity contribution in [2.75, 3.05) is 11.9 Å². The highest BCUT2D eigenvalue weighted by atomic mass is 35.5. The van der Waals surface area contributed by atoms with Crippen LogP contribution in [0.1, 0.15) is 11.1 Å². The number of rotatable bonds is 4. The van der Waals surface area contributed by atoms with Crippen molar-refractivity contribution in [1.29, 1.82) is 0 Å². The van der Waals surface area contributed by atoms with Gasteiger partial charge in [-0.25, -0.2) is 4.39 Å². The van der Waals surface area contributed by atoms with Gasteiger partial charge in [-0.05, 0) is 18.2 Å². The molecule has 0 radical (unpaired) electrons. The Labute approximate surface area is 127 Å². The summed E-state index contributed by atoms with van der Waals surface area (Å²) in [6, 6.07) is 11.7. The standard InChI is InChI=1S/C15H15ClFN3O/c1-20(9-10-5-2-3-7-12(10)17)13-8-4-6-11(16)14(13)15(18)19-21/h2-8,21H,9H2,1H3,(H2,18,19). The van der Waals surface area contributed by atoms with Gasteiger partial charge in [0.05, 0.1) is 10.6 Å². The third kappa shape index (κ3) is 3.25. The third-order valence-corrected chi connectivity index (χ3v) is 3.45. The molecule has 3 N–H and O–H groups in total. The number of nitrogens with zero attached hydrogens (tertiary/aromatic N) is 2. The molecule has 2 aromatic rings. The van der Waals surface area contributed by atoms with E-state index >= 15 is 0 Å². The van der Waals surface area contributed by atoms with Crippen molar-refractivity contribution in [3.8, 4) is 0 Å². The highest BCUT2D eigenvalue weighted by molar-refractivity contribution is 6.34. The first-order valence-corrected chi connectivity index (χ1v) is 6.63. The van der Waals surface area contributed by atoms with Crippen LogP contribution >= 0.6 is 11.6 Å². The molecule has 2 rings (SSSR count). The summed E-state index contributed by atoms with van der Waals surface area (Å²) < 4.78 is 13.7. The molecule has 110 valence electrons. The number of oxime groups is 1. The first-order valence-electron chi connectivity index (χ1n) is 6.25. The molecule has 0 aromatic heterocycles. The number of benzene rings is 2. The maximum absolute atomic E-state index is 13.7. The van der Waals surface area contributed by atoms with E-state index in [0.717, 1.165) is 0 Å². The summed E-state index contributed by atoms with van der Waals surface area (Å²) in [5.41, 5.74) is 7.29. The minimum Gasteiger partial charge on any atom is -0.409 e. The Bertz CT molecular complexity index is 676. The molecule has 0 aliphatic carbocycles. The van der Waals surface area contributed by atoms with Gasteiger partial charge in [-0.15, -0.1) is 0 Å². The lowest BCUT2D eigenvalue weighted by Crippen LogP contribution is -2.23. The molecule has 21 heavy (non-hydrogen) atoms. The van der Waals surface area contributed by atoms with Gasteiger partial charge in [0, 0.05) is 24.8 Å². The van der Waals surface area contributed by atoms with Crippen molar-refractivity contribution in [3.63, 3.8) is 0 Å². The molecule has 0 spiro atoms. The summed E-state index contributed by atoms with van der Waals surface area (Å²) in [5.74, 6) is -0.368. The van der Waals surface area contributed by atoms with Gasteiger partial charge in [0.1, 0.15) is 5.82 Å². The molecule has 6 heteroatoms. The van der Waals surface area contributed by atoms with Crippen molar-refractivity contribution < 1.29 is 9.60 Å². The summed E-state index contributed by atoms with van der Waals surface area (Å²) in [5, 5.41) is 12.2. The number of halogens is 2. The second-order valence-electron chi connectivity index (χ2n) is 4.57. The topological polar surface area (TPSA) is 61.8 Å². The van der Waals surface area contributed by atoms with E-state index in [-0.39, 0.29) is 11.7 Å². The Morgan fingerprint density at radius 1 is 1.29 bits per heavy atom. The highest BCUT2D eigenvalue weighted by Gasteiger charge is 2.15. The Hall–Kier alpha value is -2.27. The molecular weight excluding hydrogens is 293 g/mol. The van der Waals surface area contributed by atoms with Gasteiger partial charge in [-0.3, -0.25) is 0 Å². The molecular formula is C15H15ClFN3O. The van der Waals surface area contributed by atoms with Gasteiger partial charge < -0.3 is 15.8 Å². The van der Waals surface area contributed by atoms with Crippen LogP contribution in [0.25, 0.3) is 0 Å². The molecule has 0 aliphatic heterocycles. The van der Waals surface area contributed by atoms with Crippen LogP contribution in [0.15, 0.2) is 47.6 Å². The largest absolute Gasteiger partial charge is 0.409 e. The van der Waals surface area contributed by atoms with E-state index in [1.807, 2.05) is 0 Å². The van der Waals surface area contributed by atoms with E-state index in [4.69, 9.17) is 22.5 Å². The van der Waals surface area contributed by atoms with Crippen molar-refractivity contribution in [2.24, 2.45) is 10.9 Å². The van der Waals surface area contributed by atoms with Crippen LogP contribution < -0.4 is 10.6 Å². The Kier molecular flexibility index (Phi) is 4.65. The predicted octanol–water partition coefficient (Wildman–Crippen LogP) is 3.21. The maximum atomic E-state index is 13.7. The lowest BCUT2D eigenvalue weighted by Gasteiger charge is -2.23. The van der Waals surface area contributed by atoms with Crippen LogP contribution in [0.4, 0.5) is 10.1 Å². The first kappa shape index (κ1) is 15.1. The van der Waals surface area contributed by atoms with Crippen molar-refractivity contribution >= 4 is 23.1 Å². The number of nitrogens with two attached hydrogens (primary N) is 1. The molecule has 2 aromatic carbocycles. The fraction of sp³-hybridized carbons (Fsp3) is 0.133. The lowest BCUT2D eigenvalue weighted by molar-refractivity contribution is 0.318. The summed E-state index contributed by atoms with van der Waals surface area (Å²) in [6.07, 6.45) is 0. The number of amidine groups is 1. The molecule has 0 amide bonds. The average molecular weight is 308 g/mol. The summed E-state index contributed by atoms with van der Waals surface area (Å²) in [7, 11) is 1.78. The van der Waals surface area contributed by atoms with Gasteiger partial charge >= 0.3 is 0 Å². The smallest absolute Gasteiger partial charge is 0.173 e. The third-order valence-electron chi connectivity index (χ3n) is 3.13. The Morgan fingerprint density at radius 3 is 2.67 bits per heavy atom. The van der Waals surface area contributed by atoms with Crippen molar-refractivity contribution in [1.82, 2.24) is 0 Å². The Morgan fingerprint density at radius 2 is 2.00 bits per heavy atom. The van der Waals surface area contributed by atoms with Crippen LogP contribution in [0.5, 0.6) is 0 Å². The molecule has 0 atom stereocenters. The molecule has 0 saturated carbocycles.